The van der Waals surface area contributed by atoms with E-state index in [9.17, 15) is 26.4 Å². The zero-order valence-electron chi connectivity index (χ0n) is 36.8. The summed E-state index contributed by atoms with van der Waals surface area (Å²) in [4.78, 5) is 27.4. The van der Waals surface area contributed by atoms with Crippen LogP contribution in [0.5, 0.6) is 11.5 Å². The molecule has 0 fully saturated rings. The molecule has 0 saturated carbocycles. The summed E-state index contributed by atoms with van der Waals surface area (Å²) in [5, 5.41) is 2.77. The number of sulfonamides is 1. The van der Waals surface area contributed by atoms with Gasteiger partial charge in [-0.1, -0.05) is 153 Å². The Kier molecular flexibility index (Phi) is 20.3. The quantitative estimate of drug-likeness (QED) is 0.0423. The number of ether oxygens (including phenoxy) is 2. The van der Waals surface area contributed by atoms with Crippen LogP contribution in [0.2, 0.25) is 5.02 Å². The van der Waals surface area contributed by atoms with Crippen molar-refractivity contribution in [3.63, 3.8) is 0 Å². The van der Waals surface area contributed by atoms with Crippen LogP contribution in [-0.4, -0.2) is 40.4 Å². The number of ketones is 1. The minimum Gasteiger partial charge on any atom is -0.489 e. The number of hydrogen-bond acceptors (Lipinski definition) is 8. The Hall–Kier alpha value is -4.39. The van der Waals surface area contributed by atoms with Gasteiger partial charge in [0.2, 0.25) is 26.0 Å². The summed E-state index contributed by atoms with van der Waals surface area (Å²) < 4.78 is 67.3. The molecule has 1 unspecified atom stereocenters. The van der Waals surface area contributed by atoms with E-state index >= 15 is 0 Å². The predicted octanol–water partition coefficient (Wildman–Crippen LogP) is 12.4. The molecule has 0 bridgehead atoms. The van der Waals surface area contributed by atoms with E-state index in [1.54, 1.807) is 12.1 Å². The molecule has 338 valence electrons. The monoisotopic (exact) mass is 908 g/mol. The van der Waals surface area contributed by atoms with E-state index in [1.165, 1.54) is 119 Å². The number of halogens is 1. The molecule has 0 radical (unpaired) electrons. The minimum absolute atomic E-state index is 0.00453. The first-order valence-electron chi connectivity index (χ1n) is 22.0. The summed E-state index contributed by atoms with van der Waals surface area (Å²) in [5.41, 5.74) is 0.792. The fraction of sp³-hybridized carbons (Fsp3) is 0.469. The van der Waals surface area contributed by atoms with Gasteiger partial charge in [-0.2, -0.15) is 0 Å². The average Bonchev–Trinajstić information content (AvgIpc) is 3.23. The number of hydrogen-bond donors (Lipinski definition) is 2. The number of unbranched alkanes of at least 4 members (excludes halogenated alkanes) is 13. The normalized spacial score (nSPS) is 12.4. The van der Waals surface area contributed by atoms with Gasteiger partial charge in [-0.05, 0) is 84.1 Å². The Morgan fingerprint density at radius 2 is 1.18 bits per heavy atom. The van der Waals surface area contributed by atoms with Crippen molar-refractivity contribution in [3.8, 4) is 11.5 Å². The van der Waals surface area contributed by atoms with Crippen LogP contribution in [-0.2, 0) is 36.1 Å². The van der Waals surface area contributed by atoms with Gasteiger partial charge in [0.25, 0.3) is 5.91 Å². The van der Waals surface area contributed by atoms with Gasteiger partial charge in [0, 0.05) is 6.42 Å². The summed E-state index contributed by atoms with van der Waals surface area (Å²) >= 11 is 6.44. The molecule has 4 aromatic rings. The van der Waals surface area contributed by atoms with Crippen molar-refractivity contribution in [1.29, 1.82) is 0 Å². The van der Waals surface area contributed by atoms with Crippen LogP contribution in [0.25, 0.3) is 0 Å². The van der Waals surface area contributed by atoms with Crippen molar-refractivity contribution in [2.24, 2.45) is 5.41 Å². The minimum atomic E-state index is -3.92. The Morgan fingerprint density at radius 3 is 1.71 bits per heavy atom. The molecule has 10 nitrogen and oxygen atoms in total. The summed E-state index contributed by atoms with van der Waals surface area (Å²) in [6.45, 7) is 8.14. The van der Waals surface area contributed by atoms with Crippen molar-refractivity contribution in [2.45, 2.75) is 147 Å². The number of Topliss-reactive ketones (excluding diaryl/α,β-unsaturated/α-hetero) is 1. The van der Waals surface area contributed by atoms with E-state index in [2.05, 4.69) is 17.0 Å². The Labute approximate surface area is 375 Å². The largest absolute Gasteiger partial charge is 0.489 e. The number of benzene rings is 4. The van der Waals surface area contributed by atoms with Crippen LogP contribution in [0, 0.1) is 5.41 Å². The Balaban J connectivity index is 1.31. The van der Waals surface area contributed by atoms with E-state index in [-0.39, 0.29) is 44.1 Å². The summed E-state index contributed by atoms with van der Waals surface area (Å²) in [6, 6.07) is 25.6. The lowest BCUT2D eigenvalue weighted by molar-refractivity contribution is -0.136. The molecule has 0 aliphatic carbocycles. The summed E-state index contributed by atoms with van der Waals surface area (Å²) in [5.74, 6) is -0.766. The standard InChI is InChI=1S/C49H65ClN2O8S2/c1-5-6-7-8-9-10-11-12-13-14-15-16-17-21-34-61(55,56)52-39-24-33-44(50)45(35-39)51-48(54)47(46(53)36-49(2,3)4)60-41-27-31-43(32-28-41)62(57,58)42-29-25-40(26-30-42)59-37-38-22-19-18-20-23-38/h18-20,22-33,35,47,52H,5-17,21,34,36-37H2,1-4H3,(H,51,54). The highest BCUT2D eigenvalue weighted by Crippen LogP contribution is 2.30. The molecule has 1 atom stereocenters. The van der Waals surface area contributed by atoms with Crippen LogP contribution in [0.1, 0.15) is 130 Å². The number of anilines is 2. The number of rotatable bonds is 28. The second-order valence-electron chi connectivity index (χ2n) is 17.1. The molecule has 13 heteroatoms. The summed E-state index contributed by atoms with van der Waals surface area (Å²) in [7, 11) is -7.60. The summed E-state index contributed by atoms with van der Waals surface area (Å²) in [6.07, 6.45) is 14.7. The zero-order chi connectivity index (χ0) is 45.0. The van der Waals surface area contributed by atoms with Crippen LogP contribution < -0.4 is 19.5 Å². The number of carbonyl (C=O) groups excluding carboxylic acids is 2. The van der Waals surface area contributed by atoms with Gasteiger partial charge in [0.05, 0.1) is 31.9 Å². The Morgan fingerprint density at radius 1 is 0.661 bits per heavy atom. The maximum atomic E-state index is 13.8. The molecule has 1 amide bonds. The lowest BCUT2D eigenvalue weighted by atomic mass is 9.88. The van der Waals surface area contributed by atoms with Crippen LogP contribution in [0.15, 0.2) is 107 Å². The fourth-order valence-electron chi connectivity index (χ4n) is 6.91. The number of sulfone groups is 1. The lowest BCUT2D eigenvalue weighted by Crippen LogP contribution is -2.41. The first kappa shape index (κ1) is 50.3. The molecule has 0 spiro atoms. The van der Waals surface area contributed by atoms with Crippen molar-refractivity contribution >= 4 is 54.5 Å². The fourth-order valence-corrected chi connectivity index (χ4v) is 9.50. The molecular weight excluding hydrogens is 844 g/mol. The second-order valence-corrected chi connectivity index (χ2v) is 21.3. The van der Waals surface area contributed by atoms with Crippen molar-refractivity contribution in [1.82, 2.24) is 0 Å². The van der Waals surface area contributed by atoms with Crippen LogP contribution in [0.4, 0.5) is 11.4 Å². The lowest BCUT2D eigenvalue weighted by Gasteiger charge is -2.23. The highest BCUT2D eigenvalue weighted by Gasteiger charge is 2.32. The van der Waals surface area contributed by atoms with E-state index in [0.29, 0.717) is 18.8 Å². The number of nitrogens with one attached hydrogen (secondary N) is 2. The third-order valence-electron chi connectivity index (χ3n) is 10.3. The van der Waals surface area contributed by atoms with Crippen molar-refractivity contribution < 1.29 is 35.9 Å². The van der Waals surface area contributed by atoms with E-state index in [4.69, 9.17) is 21.1 Å². The second kappa shape index (κ2) is 25.0. The molecule has 4 rings (SSSR count). The highest BCUT2D eigenvalue weighted by molar-refractivity contribution is 7.92. The SMILES string of the molecule is CCCCCCCCCCCCCCCCS(=O)(=O)Nc1ccc(Cl)c(NC(=O)C(Oc2ccc(S(=O)(=O)c3ccc(OCc4ccccc4)cc3)cc2)C(=O)CC(C)(C)C)c1. The average molecular weight is 910 g/mol. The van der Waals surface area contributed by atoms with Gasteiger partial charge in [0.1, 0.15) is 18.1 Å². The van der Waals surface area contributed by atoms with Crippen LogP contribution >= 0.6 is 11.6 Å². The first-order valence-corrected chi connectivity index (χ1v) is 25.5. The van der Waals surface area contributed by atoms with Gasteiger partial charge >= 0.3 is 0 Å². The third-order valence-corrected chi connectivity index (χ3v) is 13.8. The number of amides is 1. The molecule has 0 aliphatic rings. The van der Waals surface area contributed by atoms with Gasteiger partial charge in [-0.15, -0.1) is 0 Å². The smallest absolute Gasteiger partial charge is 0.273 e. The Bertz CT molecular complexity index is 2210. The van der Waals surface area contributed by atoms with Gasteiger partial charge in [0.15, 0.2) is 5.78 Å². The maximum Gasteiger partial charge on any atom is 0.273 e. The first-order chi connectivity index (χ1) is 29.6. The maximum absolute atomic E-state index is 13.8. The van der Waals surface area contributed by atoms with Gasteiger partial charge in [-0.25, -0.2) is 16.8 Å². The molecule has 0 aromatic heterocycles. The van der Waals surface area contributed by atoms with Gasteiger partial charge in [-0.3, -0.25) is 14.3 Å². The van der Waals surface area contributed by atoms with E-state index in [0.717, 1.165) is 24.8 Å². The zero-order valence-corrected chi connectivity index (χ0v) is 39.2. The molecule has 2 N–H and O–H groups in total. The van der Waals surface area contributed by atoms with Crippen molar-refractivity contribution in [2.75, 3.05) is 15.8 Å². The predicted molar refractivity (Wildman–Crippen MR) is 250 cm³/mol. The van der Waals surface area contributed by atoms with Crippen LogP contribution in [0.3, 0.4) is 0 Å². The topological polar surface area (TPSA) is 145 Å². The molecular formula is C49H65ClN2O8S2. The number of carbonyl (C=O) groups is 2. The highest BCUT2D eigenvalue weighted by atomic mass is 35.5. The van der Waals surface area contributed by atoms with Crippen molar-refractivity contribution in [3.05, 3.63) is 108 Å². The molecule has 0 heterocycles. The van der Waals surface area contributed by atoms with Gasteiger partial charge < -0.3 is 14.8 Å². The molecule has 62 heavy (non-hydrogen) atoms. The molecule has 4 aromatic carbocycles. The molecule has 0 aliphatic heterocycles. The third kappa shape index (κ3) is 17.8. The van der Waals surface area contributed by atoms with E-state index < -0.39 is 43.1 Å². The van der Waals surface area contributed by atoms with E-state index in [1.807, 2.05) is 51.1 Å². The molecule has 0 saturated heterocycles.